The lowest BCUT2D eigenvalue weighted by Gasteiger charge is -2.18. The van der Waals surface area contributed by atoms with Gasteiger partial charge in [-0.15, -0.1) is 0 Å². The van der Waals surface area contributed by atoms with Gasteiger partial charge >= 0.3 is 13.8 Å². The quantitative estimate of drug-likeness (QED) is 0.105. The molecule has 0 aliphatic carbocycles. The number of aliphatic hydroxyl groups is 3. The van der Waals surface area contributed by atoms with Crippen LogP contribution in [0.5, 0.6) is 0 Å². The molecule has 174 valence electrons. The van der Waals surface area contributed by atoms with Crippen molar-refractivity contribution in [1.82, 2.24) is 0 Å². The highest BCUT2D eigenvalue weighted by Gasteiger charge is 2.21. The third-order valence-corrected chi connectivity index (χ3v) is 4.34. The van der Waals surface area contributed by atoms with Gasteiger partial charge in [0.05, 0.1) is 19.8 Å². The lowest BCUT2D eigenvalue weighted by atomic mass is 10.1. The molecule has 0 saturated heterocycles. The number of phosphoric ester groups is 1. The van der Waals surface area contributed by atoms with E-state index >= 15 is 0 Å². The number of carbonyl (C=O) groups is 1. The summed E-state index contributed by atoms with van der Waals surface area (Å²) in [6.45, 7) is 6.17. The Balaban J connectivity index is 0. The summed E-state index contributed by atoms with van der Waals surface area (Å²) in [5, 5.41) is 24.0. The summed E-state index contributed by atoms with van der Waals surface area (Å²) in [4.78, 5) is 29.0. The molecule has 1 unspecified atom stereocenters. The molecule has 5 N–H and O–H groups in total. The van der Waals surface area contributed by atoms with Gasteiger partial charge in [0.15, 0.2) is 0 Å². The van der Waals surface area contributed by atoms with Crippen molar-refractivity contribution in [3.8, 4) is 0 Å². The first kappa shape index (κ1) is 30.4. The van der Waals surface area contributed by atoms with Gasteiger partial charge in [0.2, 0.25) is 0 Å². The van der Waals surface area contributed by atoms with Crippen molar-refractivity contribution in [2.45, 2.75) is 83.8 Å². The summed E-state index contributed by atoms with van der Waals surface area (Å²) in [6, 6.07) is 0. The summed E-state index contributed by atoms with van der Waals surface area (Å²) in [6.07, 6.45) is 8.06. The minimum atomic E-state index is -4.56. The third kappa shape index (κ3) is 23.3. The van der Waals surface area contributed by atoms with Crippen molar-refractivity contribution in [2.75, 3.05) is 19.8 Å². The van der Waals surface area contributed by atoms with E-state index in [4.69, 9.17) is 29.8 Å². The number of phosphoric acid groups is 1. The maximum absolute atomic E-state index is 11.5. The summed E-state index contributed by atoms with van der Waals surface area (Å²) in [5.41, 5.74) is 0.252. The van der Waals surface area contributed by atoms with Crippen LogP contribution in [0, 0.1) is 0 Å². The zero-order valence-electron chi connectivity index (χ0n) is 17.7. The molecule has 0 fully saturated rings. The van der Waals surface area contributed by atoms with Crippen molar-refractivity contribution in [3.63, 3.8) is 0 Å². The molecule has 0 aromatic heterocycles. The topological polar surface area (TPSA) is 154 Å². The van der Waals surface area contributed by atoms with Crippen LogP contribution in [0.25, 0.3) is 0 Å². The Labute approximate surface area is 174 Å². The smallest absolute Gasteiger partial charge is 0.457 e. The van der Waals surface area contributed by atoms with Crippen LogP contribution in [0.15, 0.2) is 12.2 Å². The van der Waals surface area contributed by atoms with Crippen LogP contribution in [0.3, 0.4) is 0 Å². The number of rotatable bonds is 16. The second kappa shape index (κ2) is 19.2. The van der Waals surface area contributed by atoms with Crippen LogP contribution in [-0.4, -0.2) is 63.1 Å². The molecule has 0 heterocycles. The Bertz CT molecular complexity index is 461. The Hall–Kier alpha value is -0.800. The predicted molar refractivity (Wildman–Crippen MR) is 110 cm³/mol. The predicted octanol–water partition coefficient (Wildman–Crippen LogP) is 2.45. The number of ether oxygens (including phenoxy) is 1. The number of hydrogen-bond donors (Lipinski definition) is 5. The highest BCUT2D eigenvalue weighted by Crippen LogP contribution is 2.36. The van der Waals surface area contributed by atoms with Gasteiger partial charge in [0.1, 0.15) is 12.2 Å². The normalized spacial score (nSPS) is 12.3. The van der Waals surface area contributed by atoms with E-state index in [9.17, 15) is 9.36 Å². The molecule has 0 aliphatic rings. The minimum absolute atomic E-state index is 0.252. The molecule has 9 nitrogen and oxygen atoms in total. The molecule has 0 rings (SSSR count). The highest BCUT2D eigenvalue weighted by molar-refractivity contribution is 7.46. The molecule has 0 radical (unpaired) electrons. The van der Waals surface area contributed by atoms with E-state index in [0.717, 1.165) is 19.3 Å². The minimum Gasteiger partial charge on any atom is -0.457 e. The average Bonchev–Trinajstić information content (AvgIpc) is 2.66. The van der Waals surface area contributed by atoms with E-state index in [1.165, 1.54) is 39.0 Å². The second-order valence-electron chi connectivity index (χ2n) is 6.88. The molecule has 0 bridgehead atoms. The fourth-order valence-corrected chi connectivity index (χ4v) is 2.53. The number of esters is 1. The van der Waals surface area contributed by atoms with Crippen LogP contribution in [-0.2, 0) is 18.6 Å². The third-order valence-electron chi connectivity index (χ3n) is 3.85. The number of aliphatic hydroxyl groups excluding tert-OH is 3. The maximum atomic E-state index is 11.5. The number of unbranched alkanes of at least 4 members (excludes halogenated alkanes) is 7. The summed E-state index contributed by atoms with van der Waals surface area (Å²) < 4.78 is 20.4. The van der Waals surface area contributed by atoms with Crippen molar-refractivity contribution >= 4 is 13.8 Å². The second-order valence-corrected chi connectivity index (χ2v) is 8.12. The molecule has 0 aliphatic heterocycles. The Morgan fingerprint density at radius 2 is 1.48 bits per heavy atom. The zero-order valence-corrected chi connectivity index (χ0v) is 18.6. The molecular formula is C19H39O9P. The van der Waals surface area contributed by atoms with Crippen LogP contribution in [0.2, 0.25) is 0 Å². The first-order valence-electron chi connectivity index (χ1n) is 10.0. The first-order valence-corrected chi connectivity index (χ1v) is 11.6. The standard InChI is InChI=1S/C16H31O6P.C3H8O3/c1-4-5-6-7-8-9-10-11-12-15(13-21-23(18,19)20)22-16(17)14(2)3;4-1-3(6)2-5/h15H,2,4-13H2,1,3H3,(H2,18,19,20);3-6H,1-2H2. The van der Waals surface area contributed by atoms with Crippen molar-refractivity contribution in [2.24, 2.45) is 0 Å². The van der Waals surface area contributed by atoms with Gasteiger partial charge in [-0.05, 0) is 19.8 Å². The summed E-state index contributed by atoms with van der Waals surface area (Å²) >= 11 is 0. The Morgan fingerprint density at radius 3 is 1.86 bits per heavy atom. The first-order chi connectivity index (χ1) is 13.6. The van der Waals surface area contributed by atoms with Gasteiger partial charge in [-0.1, -0.05) is 58.4 Å². The van der Waals surface area contributed by atoms with Crippen LogP contribution in [0.1, 0.15) is 71.6 Å². The van der Waals surface area contributed by atoms with Crippen molar-refractivity contribution in [1.29, 1.82) is 0 Å². The largest absolute Gasteiger partial charge is 0.469 e. The Morgan fingerprint density at radius 1 is 1.00 bits per heavy atom. The van der Waals surface area contributed by atoms with E-state index in [1.807, 2.05) is 0 Å². The van der Waals surface area contributed by atoms with Gasteiger partial charge in [0.25, 0.3) is 0 Å². The average molecular weight is 442 g/mol. The van der Waals surface area contributed by atoms with Crippen LogP contribution < -0.4 is 0 Å². The van der Waals surface area contributed by atoms with E-state index in [0.29, 0.717) is 6.42 Å². The van der Waals surface area contributed by atoms with Crippen molar-refractivity contribution in [3.05, 3.63) is 12.2 Å². The van der Waals surface area contributed by atoms with E-state index in [1.54, 1.807) is 0 Å². The molecule has 0 spiro atoms. The molecule has 10 heteroatoms. The SMILES string of the molecule is C=C(C)C(=O)OC(CCCCCCCCCC)COP(=O)(O)O.OCC(O)CO. The van der Waals surface area contributed by atoms with Gasteiger partial charge in [-0.2, -0.15) is 0 Å². The maximum Gasteiger partial charge on any atom is 0.469 e. The fourth-order valence-electron chi connectivity index (χ4n) is 2.17. The van der Waals surface area contributed by atoms with Crippen LogP contribution >= 0.6 is 7.82 Å². The van der Waals surface area contributed by atoms with Gasteiger partial charge in [0, 0.05) is 5.57 Å². The molecule has 0 aromatic carbocycles. The molecule has 0 amide bonds. The van der Waals surface area contributed by atoms with Crippen LogP contribution in [0.4, 0.5) is 0 Å². The fraction of sp³-hybridized carbons (Fsp3) is 0.842. The molecule has 1 atom stereocenters. The number of carbonyl (C=O) groups excluding carboxylic acids is 1. The summed E-state index contributed by atoms with van der Waals surface area (Å²) in [5.74, 6) is -0.566. The number of hydrogen-bond acceptors (Lipinski definition) is 7. The van der Waals surface area contributed by atoms with Gasteiger partial charge in [-0.3, -0.25) is 4.52 Å². The summed E-state index contributed by atoms with van der Waals surface area (Å²) in [7, 11) is -4.56. The monoisotopic (exact) mass is 442 g/mol. The van der Waals surface area contributed by atoms with Crippen molar-refractivity contribution < 1.29 is 43.7 Å². The molecule has 29 heavy (non-hydrogen) atoms. The molecular weight excluding hydrogens is 403 g/mol. The Kier molecular flexibility index (Phi) is 20.1. The van der Waals surface area contributed by atoms with Gasteiger partial charge in [-0.25, -0.2) is 9.36 Å². The van der Waals surface area contributed by atoms with Gasteiger partial charge < -0.3 is 29.8 Å². The lowest BCUT2D eigenvalue weighted by Crippen LogP contribution is -2.23. The molecule has 0 aromatic rings. The van der Waals surface area contributed by atoms with E-state index in [-0.39, 0.29) is 25.4 Å². The highest BCUT2D eigenvalue weighted by atomic mass is 31.2. The zero-order chi connectivity index (χ0) is 22.7. The van der Waals surface area contributed by atoms with E-state index in [2.05, 4.69) is 18.0 Å². The molecule has 0 saturated carbocycles. The van der Waals surface area contributed by atoms with E-state index < -0.39 is 26.0 Å². The lowest BCUT2D eigenvalue weighted by molar-refractivity contribution is -0.146.